The molecule has 16 heavy (non-hydrogen) atoms. The minimum atomic E-state index is -0.000417. The van der Waals surface area contributed by atoms with Gasteiger partial charge in [0.1, 0.15) is 5.75 Å². The largest absolute Gasteiger partial charge is 0.508 e. The molecule has 0 radical (unpaired) electrons. The third-order valence-electron chi connectivity index (χ3n) is 2.88. The van der Waals surface area contributed by atoms with Crippen molar-refractivity contribution < 1.29 is 14.6 Å². The average Bonchev–Trinajstić information content (AvgIpc) is 2.77. The number of phenolic OH excluding ortho intramolecular Hbond substituents is 1. The molecule has 0 spiro atoms. The predicted octanol–water partition coefficient (Wildman–Crippen LogP) is 1.25. The Morgan fingerprint density at radius 1 is 1.44 bits per heavy atom. The zero-order valence-corrected chi connectivity index (χ0v) is 9.22. The van der Waals surface area contributed by atoms with Crippen LogP contribution < -0.4 is 0 Å². The van der Waals surface area contributed by atoms with E-state index in [2.05, 4.69) is 0 Å². The van der Waals surface area contributed by atoms with Crippen LogP contribution >= 0.6 is 0 Å². The maximum absolute atomic E-state index is 12.0. The predicted molar refractivity (Wildman–Crippen MR) is 59.4 cm³/mol. The minimum Gasteiger partial charge on any atom is -0.508 e. The van der Waals surface area contributed by atoms with Crippen molar-refractivity contribution in [2.45, 2.75) is 12.5 Å². The number of hydrogen-bond donors (Lipinski definition) is 1. The van der Waals surface area contributed by atoms with E-state index in [1.54, 1.807) is 24.1 Å². The number of ether oxygens (including phenoxy) is 1. The van der Waals surface area contributed by atoms with Crippen LogP contribution in [0.25, 0.3) is 0 Å². The molecule has 2 rings (SSSR count). The number of likely N-dealkylation sites (tertiary alicyclic amines) is 1. The molecule has 1 unspecified atom stereocenters. The topological polar surface area (TPSA) is 49.8 Å². The Morgan fingerprint density at radius 2 is 2.12 bits per heavy atom. The van der Waals surface area contributed by atoms with Crippen LogP contribution in [-0.2, 0) is 4.74 Å². The van der Waals surface area contributed by atoms with Crippen LogP contribution in [0.3, 0.4) is 0 Å². The summed E-state index contributed by atoms with van der Waals surface area (Å²) in [4.78, 5) is 13.8. The van der Waals surface area contributed by atoms with Gasteiger partial charge in [0.2, 0.25) is 0 Å². The Bertz CT molecular complexity index is 374. The molecule has 0 aromatic heterocycles. The lowest BCUT2D eigenvalue weighted by atomic mass is 10.2. The molecule has 1 amide bonds. The summed E-state index contributed by atoms with van der Waals surface area (Å²) >= 11 is 0. The molecule has 1 aliphatic heterocycles. The molecule has 1 aliphatic rings. The first-order valence-electron chi connectivity index (χ1n) is 5.32. The first-order valence-corrected chi connectivity index (χ1v) is 5.32. The van der Waals surface area contributed by atoms with Gasteiger partial charge in [0.05, 0.1) is 6.10 Å². The minimum absolute atomic E-state index is 0.000417. The van der Waals surface area contributed by atoms with Crippen LogP contribution in [0.5, 0.6) is 5.75 Å². The van der Waals surface area contributed by atoms with Gasteiger partial charge in [-0.3, -0.25) is 4.79 Å². The van der Waals surface area contributed by atoms with Crippen LogP contribution in [0.4, 0.5) is 0 Å². The Hall–Kier alpha value is -1.55. The number of carbonyl (C=O) groups is 1. The number of aromatic hydroxyl groups is 1. The van der Waals surface area contributed by atoms with E-state index >= 15 is 0 Å². The summed E-state index contributed by atoms with van der Waals surface area (Å²) in [5.74, 6) is 0.173. The maximum atomic E-state index is 12.0. The van der Waals surface area contributed by atoms with Gasteiger partial charge in [0.25, 0.3) is 5.91 Å². The normalized spacial score (nSPS) is 20.1. The number of hydrogen-bond acceptors (Lipinski definition) is 3. The summed E-state index contributed by atoms with van der Waals surface area (Å²) in [5.41, 5.74) is 0.606. The first kappa shape index (κ1) is 11.0. The van der Waals surface area contributed by atoms with Gasteiger partial charge in [-0.15, -0.1) is 0 Å². The van der Waals surface area contributed by atoms with E-state index < -0.39 is 0 Å². The molecule has 1 N–H and O–H groups in total. The third-order valence-corrected chi connectivity index (χ3v) is 2.88. The van der Waals surface area contributed by atoms with Gasteiger partial charge in [-0.25, -0.2) is 0 Å². The highest BCUT2D eigenvalue weighted by Gasteiger charge is 2.26. The second-order valence-corrected chi connectivity index (χ2v) is 3.94. The molecular formula is C12H15NO3. The lowest BCUT2D eigenvalue weighted by molar-refractivity contribution is 0.0724. The quantitative estimate of drug-likeness (QED) is 0.817. The van der Waals surface area contributed by atoms with Crippen molar-refractivity contribution in [3.8, 4) is 5.75 Å². The van der Waals surface area contributed by atoms with Crippen molar-refractivity contribution in [2.75, 3.05) is 20.2 Å². The number of amides is 1. The smallest absolute Gasteiger partial charge is 0.253 e. The molecule has 1 saturated heterocycles. The van der Waals surface area contributed by atoms with E-state index in [0.717, 1.165) is 13.0 Å². The van der Waals surface area contributed by atoms with Gasteiger partial charge in [0.15, 0.2) is 0 Å². The number of benzene rings is 1. The van der Waals surface area contributed by atoms with Crippen molar-refractivity contribution >= 4 is 5.91 Å². The van der Waals surface area contributed by atoms with E-state index in [0.29, 0.717) is 12.1 Å². The Kier molecular flexibility index (Phi) is 3.10. The fourth-order valence-corrected chi connectivity index (χ4v) is 1.89. The lowest BCUT2D eigenvalue weighted by Crippen LogP contribution is -2.29. The number of carbonyl (C=O) groups excluding carboxylic acids is 1. The molecule has 0 saturated carbocycles. The van der Waals surface area contributed by atoms with Gasteiger partial charge < -0.3 is 14.7 Å². The number of rotatable bonds is 2. The van der Waals surface area contributed by atoms with Gasteiger partial charge in [-0.2, -0.15) is 0 Å². The van der Waals surface area contributed by atoms with E-state index in [1.807, 2.05) is 0 Å². The summed E-state index contributed by atoms with van der Waals surface area (Å²) in [6, 6.07) is 6.32. The van der Waals surface area contributed by atoms with Crippen LogP contribution in [-0.4, -0.2) is 42.2 Å². The molecule has 1 fully saturated rings. The molecule has 1 aromatic carbocycles. The van der Waals surface area contributed by atoms with Gasteiger partial charge in [-0.1, -0.05) is 0 Å². The average molecular weight is 221 g/mol. The lowest BCUT2D eigenvalue weighted by Gasteiger charge is -2.16. The Balaban J connectivity index is 2.05. The number of nitrogens with zero attached hydrogens (tertiary/aromatic N) is 1. The summed E-state index contributed by atoms with van der Waals surface area (Å²) in [7, 11) is 1.67. The summed E-state index contributed by atoms with van der Waals surface area (Å²) in [6.45, 7) is 1.38. The van der Waals surface area contributed by atoms with E-state index in [4.69, 9.17) is 9.84 Å². The number of phenols is 1. The first-order chi connectivity index (χ1) is 7.70. The zero-order valence-electron chi connectivity index (χ0n) is 9.22. The molecule has 1 heterocycles. The van der Waals surface area contributed by atoms with Crippen molar-refractivity contribution in [1.29, 1.82) is 0 Å². The second-order valence-electron chi connectivity index (χ2n) is 3.94. The molecular weight excluding hydrogens is 206 g/mol. The summed E-state index contributed by atoms with van der Waals surface area (Å²) in [6.07, 6.45) is 1.04. The van der Waals surface area contributed by atoms with Crippen molar-refractivity contribution in [2.24, 2.45) is 0 Å². The van der Waals surface area contributed by atoms with E-state index in [-0.39, 0.29) is 17.8 Å². The summed E-state index contributed by atoms with van der Waals surface area (Å²) < 4.78 is 5.21. The van der Waals surface area contributed by atoms with E-state index in [9.17, 15) is 4.79 Å². The molecule has 1 atom stereocenters. The highest BCUT2D eigenvalue weighted by Crippen LogP contribution is 2.17. The Labute approximate surface area is 94.4 Å². The van der Waals surface area contributed by atoms with Crippen LogP contribution in [0, 0.1) is 0 Å². The summed E-state index contributed by atoms with van der Waals surface area (Å²) in [5, 5.41) is 9.14. The SMILES string of the molecule is COC1CCN(C(=O)c2ccc(O)cc2)C1. The molecule has 0 aliphatic carbocycles. The van der Waals surface area contributed by atoms with Crippen molar-refractivity contribution in [1.82, 2.24) is 4.90 Å². The fourth-order valence-electron chi connectivity index (χ4n) is 1.89. The van der Waals surface area contributed by atoms with Gasteiger partial charge in [0, 0.05) is 25.8 Å². The van der Waals surface area contributed by atoms with Crippen molar-refractivity contribution in [3.05, 3.63) is 29.8 Å². The monoisotopic (exact) mass is 221 g/mol. The van der Waals surface area contributed by atoms with Gasteiger partial charge in [-0.05, 0) is 30.7 Å². The van der Waals surface area contributed by atoms with Crippen LogP contribution in [0.1, 0.15) is 16.8 Å². The van der Waals surface area contributed by atoms with Crippen molar-refractivity contribution in [3.63, 3.8) is 0 Å². The molecule has 86 valence electrons. The highest BCUT2D eigenvalue weighted by molar-refractivity contribution is 5.94. The van der Waals surface area contributed by atoms with Gasteiger partial charge >= 0.3 is 0 Å². The highest BCUT2D eigenvalue weighted by atomic mass is 16.5. The zero-order chi connectivity index (χ0) is 11.5. The number of methoxy groups -OCH3 is 1. The molecule has 4 heteroatoms. The van der Waals surface area contributed by atoms with Crippen LogP contribution in [0.15, 0.2) is 24.3 Å². The third kappa shape index (κ3) is 2.17. The fraction of sp³-hybridized carbons (Fsp3) is 0.417. The maximum Gasteiger partial charge on any atom is 0.253 e. The molecule has 4 nitrogen and oxygen atoms in total. The standard InChI is InChI=1S/C12H15NO3/c1-16-11-6-7-13(8-11)12(15)9-2-4-10(14)5-3-9/h2-5,11,14H,6-8H2,1H3. The van der Waals surface area contributed by atoms with E-state index in [1.165, 1.54) is 12.1 Å². The second kappa shape index (κ2) is 4.53. The van der Waals surface area contributed by atoms with Crippen LogP contribution in [0.2, 0.25) is 0 Å². The molecule has 0 bridgehead atoms. The molecule has 1 aromatic rings. The Morgan fingerprint density at radius 3 is 2.69 bits per heavy atom.